The molecule has 0 aliphatic carbocycles. The van der Waals surface area contributed by atoms with E-state index in [0.29, 0.717) is 19.4 Å². The van der Waals surface area contributed by atoms with E-state index in [1.165, 1.54) is 283 Å². The van der Waals surface area contributed by atoms with Gasteiger partial charge >= 0.3 is 5.97 Å². The Labute approximate surface area is 462 Å². The van der Waals surface area contributed by atoms with Crippen molar-refractivity contribution in [2.24, 2.45) is 0 Å². The summed E-state index contributed by atoms with van der Waals surface area (Å²) in [6, 6.07) is -0.633. The van der Waals surface area contributed by atoms with Gasteiger partial charge in [0.1, 0.15) is 0 Å². The minimum atomic E-state index is -0.849. The number of unbranched alkanes of at least 4 members (excludes halogenated alkanes) is 47. The fourth-order valence-corrected chi connectivity index (χ4v) is 10.3. The predicted molar refractivity (Wildman–Crippen MR) is 324 cm³/mol. The molecular weight excluding hydrogens is 911 g/mol. The molecule has 0 bridgehead atoms. The number of nitrogens with one attached hydrogen (secondary N) is 1. The Kier molecular flexibility index (Phi) is 62.0. The normalized spacial score (nSPS) is 12.8. The standard InChI is InChI=1S/C68H129NO5/c1-3-5-7-9-11-13-15-17-19-21-29-32-36-40-44-48-52-56-60-66(71)65(64-70)69-67(72)61-57-53-49-45-41-37-33-30-27-25-23-22-24-26-28-31-35-39-43-47-51-55-59-63-74-68(73)62-58-54-50-46-42-38-34-20-18-16-14-12-10-8-6-4-2/h20,25,27,34,56,60,65-66,70-71H,3-19,21-24,26,28-33,35-55,57-59,61-64H2,1-2H3,(H,69,72)/b27-25-,34-20-,60-56+. The highest BCUT2D eigenvalue weighted by atomic mass is 16.5. The Morgan fingerprint density at radius 2 is 0.635 bits per heavy atom. The van der Waals surface area contributed by atoms with Gasteiger partial charge < -0.3 is 20.3 Å². The molecule has 0 saturated carbocycles. The van der Waals surface area contributed by atoms with Crippen LogP contribution in [0.5, 0.6) is 0 Å². The molecule has 0 spiro atoms. The molecule has 0 aliphatic heterocycles. The second kappa shape index (κ2) is 63.6. The van der Waals surface area contributed by atoms with Crippen LogP contribution in [0.1, 0.15) is 361 Å². The smallest absolute Gasteiger partial charge is 0.305 e. The molecule has 0 radical (unpaired) electrons. The summed E-state index contributed by atoms with van der Waals surface area (Å²) in [7, 11) is 0. The summed E-state index contributed by atoms with van der Waals surface area (Å²) in [5.74, 6) is -0.0682. The van der Waals surface area contributed by atoms with E-state index in [1.54, 1.807) is 6.08 Å². The van der Waals surface area contributed by atoms with Gasteiger partial charge in [-0.25, -0.2) is 0 Å². The van der Waals surface area contributed by atoms with Crippen LogP contribution in [-0.2, 0) is 14.3 Å². The van der Waals surface area contributed by atoms with Crippen LogP contribution in [0.4, 0.5) is 0 Å². The first-order chi connectivity index (χ1) is 36.5. The first-order valence-electron chi connectivity index (χ1n) is 33.3. The minimum absolute atomic E-state index is 0.00388. The topological polar surface area (TPSA) is 95.9 Å². The van der Waals surface area contributed by atoms with Crippen molar-refractivity contribution < 1.29 is 24.5 Å². The summed E-state index contributed by atoms with van der Waals surface area (Å²) in [4.78, 5) is 24.6. The highest BCUT2D eigenvalue weighted by molar-refractivity contribution is 5.76. The molecular formula is C68H129NO5. The molecule has 0 saturated heterocycles. The van der Waals surface area contributed by atoms with E-state index in [4.69, 9.17) is 4.74 Å². The van der Waals surface area contributed by atoms with Gasteiger partial charge in [-0.3, -0.25) is 9.59 Å². The predicted octanol–water partition coefficient (Wildman–Crippen LogP) is 21.1. The molecule has 74 heavy (non-hydrogen) atoms. The Morgan fingerprint density at radius 3 is 0.959 bits per heavy atom. The maximum absolute atomic E-state index is 12.5. The highest BCUT2D eigenvalue weighted by Crippen LogP contribution is 2.17. The average molecular weight is 1040 g/mol. The highest BCUT2D eigenvalue weighted by Gasteiger charge is 2.18. The lowest BCUT2D eigenvalue weighted by atomic mass is 10.0. The van der Waals surface area contributed by atoms with Crippen molar-refractivity contribution in [2.45, 2.75) is 373 Å². The lowest BCUT2D eigenvalue weighted by Gasteiger charge is -2.20. The summed E-state index contributed by atoms with van der Waals surface area (Å²) < 4.78 is 5.49. The van der Waals surface area contributed by atoms with Gasteiger partial charge in [0.15, 0.2) is 0 Å². The Hall–Kier alpha value is -1.92. The number of aliphatic hydroxyl groups is 2. The Morgan fingerprint density at radius 1 is 0.365 bits per heavy atom. The van der Waals surface area contributed by atoms with Crippen LogP contribution < -0.4 is 5.32 Å². The van der Waals surface area contributed by atoms with Crippen molar-refractivity contribution >= 4 is 11.9 Å². The molecule has 0 heterocycles. The first kappa shape index (κ1) is 72.1. The van der Waals surface area contributed by atoms with E-state index in [1.807, 2.05) is 6.08 Å². The quantitative estimate of drug-likeness (QED) is 0.0320. The van der Waals surface area contributed by atoms with E-state index in [2.05, 4.69) is 43.5 Å². The number of amides is 1. The fraction of sp³-hybridized carbons (Fsp3) is 0.882. The summed E-state index contributed by atoms with van der Waals surface area (Å²) in [5.41, 5.74) is 0. The summed E-state index contributed by atoms with van der Waals surface area (Å²) in [6.07, 6.45) is 80.5. The van der Waals surface area contributed by atoms with Crippen molar-refractivity contribution in [3.63, 3.8) is 0 Å². The lowest BCUT2D eigenvalue weighted by molar-refractivity contribution is -0.143. The second-order valence-electron chi connectivity index (χ2n) is 22.8. The molecule has 1 amide bonds. The van der Waals surface area contributed by atoms with Crippen LogP contribution in [-0.4, -0.2) is 47.4 Å². The number of esters is 1. The van der Waals surface area contributed by atoms with Crippen LogP contribution >= 0.6 is 0 Å². The average Bonchev–Trinajstić information content (AvgIpc) is 3.40. The van der Waals surface area contributed by atoms with E-state index < -0.39 is 12.1 Å². The molecule has 6 heteroatoms. The summed E-state index contributed by atoms with van der Waals surface area (Å²) in [6.45, 7) is 4.92. The number of ether oxygens (including phenoxy) is 1. The van der Waals surface area contributed by atoms with Gasteiger partial charge in [0, 0.05) is 12.8 Å². The molecule has 0 fully saturated rings. The Bertz CT molecular complexity index is 1200. The molecule has 2 unspecified atom stereocenters. The van der Waals surface area contributed by atoms with Crippen LogP contribution in [0.25, 0.3) is 0 Å². The number of allylic oxidation sites excluding steroid dienone is 5. The minimum Gasteiger partial charge on any atom is -0.466 e. The summed E-state index contributed by atoms with van der Waals surface area (Å²) >= 11 is 0. The Balaban J connectivity index is 3.43. The molecule has 2 atom stereocenters. The van der Waals surface area contributed by atoms with Crippen LogP contribution in [0.15, 0.2) is 36.5 Å². The summed E-state index contributed by atoms with van der Waals surface area (Å²) in [5, 5.41) is 23.2. The third kappa shape index (κ3) is 59.3. The molecule has 0 aromatic carbocycles. The van der Waals surface area contributed by atoms with Crippen LogP contribution in [0.3, 0.4) is 0 Å². The number of aliphatic hydroxyl groups excluding tert-OH is 2. The van der Waals surface area contributed by atoms with Crippen molar-refractivity contribution in [3.05, 3.63) is 36.5 Å². The van der Waals surface area contributed by atoms with Crippen molar-refractivity contribution in [2.75, 3.05) is 13.2 Å². The van der Waals surface area contributed by atoms with Gasteiger partial charge in [0.05, 0.1) is 25.4 Å². The number of hydrogen-bond donors (Lipinski definition) is 3. The zero-order valence-corrected chi connectivity index (χ0v) is 49.8. The lowest BCUT2D eigenvalue weighted by Crippen LogP contribution is -2.45. The second-order valence-corrected chi connectivity index (χ2v) is 22.8. The van der Waals surface area contributed by atoms with Gasteiger partial charge in [-0.05, 0) is 83.5 Å². The van der Waals surface area contributed by atoms with E-state index >= 15 is 0 Å². The van der Waals surface area contributed by atoms with Crippen molar-refractivity contribution in [3.8, 4) is 0 Å². The van der Waals surface area contributed by atoms with Crippen LogP contribution in [0, 0.1) is 0 Å². The number of rotatable bonds is 62. The molecule has 0 rings (SSSR count). The maximum atomic E-state index is 12.5. The van der Waals surface area contributed by atoms with Gasteiger partial charge in [-0.1, -0.05) is 301 Å². The first-order valence-corrected chi connectivity index (χ1v) is 33.3. The SMILES string of the molecule is CCCCCCCCC/C=C\CCCCCCCC(=O)OCCCCCCCCCCCCCC/C=C\CCCCCCCCCC(=O)NC(CO)C(O)/C=C/CCCCCCCCCCCCCCCCCC. The third-order valence-electron chi connectivity index (χ3n) is 15.4. The van der Waals surface area contributed by atoms with E-state index in [0.717, 1.165) is 51.4 Å². The largest absolute Gasteiger partial charge is 0.466 e. The molecule has 436 valence electrons. The zero-order chi connectivity index (χ0) is 53.6. The van der Waals surface area contributed by atoms with Crippen LogP contribution in [0.2, 0.25) is 0 Å². The van der Waals surface area contributed by atoms with Gasteiger partial charge in [-0.15, -0.1) is 0 Å². The molecule has 0 aliphatic rings. The molecule has 0 aromatic heterocycles. The van der Waals surface area contributed by atoms with Crippen molar-refractivity contribution in [1.82, 2.24) is 5.32 Å². The van der Waals surface area contributed by atoms with Gasteiger partial charge in [0.25, 0.3) is 0 Å². The van der Waals surface area contributed by atoms with Gasteiger partial charge in [-0.2, -0.15) is 0 Å². The number of carbonyl (C=O) groups is 2. The number of carbonyl (C=O) groups excluding carboxylic acids is 2. The van der Waals surface area contributed by atoms with E-state index in [9.17, 15) is 19.8 Å². The van der Waals surface area contributed by atoms with Crippen molar-refractivity contribution in [1.29, 1.82) is 0 Å². The fourth-order valence-electron chi connectivity index (χ4n) is 10.3. The van der Waals surface area contributed by atoms with Gasteiger partial charge in [0.2, 0.25) is 5.91 Å². The number of hydrogen-bond acceptors (Lipinski definition) is 5. The zero-order valence-electron chi connectivity index (χ0n) is 49.8. The molecule has 3 N–H and O–H groups in total. The third-order valence-corrected chi connectivity index (χ3v) is 15.4. The van der Waals surface area contributed by atoms with E-state index in [-0.39, 0.29) is 18.5 Å². The molecule has 0 aromatic rings. The molecule has 6 nitrogen and oxygen atoms in total. The monoisotopic (exact) mass is 1040 g/mol. The maximum Gasteiger partial charge on any atom is 0.305 e.